The Bertz CT molecular complexity index is 422. The first kappa shape index (κ1) is 8.10. The third-order valence-corrected chi connectivity index (χ3v) is 1.21. The van der Waals surface area contributed by atoms with Crippen LogP contribution in [0.4, 0.5) is 5.82 Å². The quantitative estimate of drug-likeness (QED) is 0.469. The van der Waals surface area contributed by atoms with Crippen LogP contribution >= 0.6 is 0 Å². The van der Waals surface area contributed by atoms with Crippen LogP contribution in [0.15, 0.2) is 14.9 Å². The van der Waals surface area contributed by atoms with E-state index in [4.69, 9.17) is 0 Å². The van der Waals surface area contributed by atoms with Crippen LogP contribution in [0.1, 0.15) is 5.69 Å². The van der Waals surface area contributed by atoms with E-state index in [-0.39, 0.29) is 11.6 Å². The Hall–Kier alpha value is -2.52. The first-order chi connectivity index (χ1) is 6.79. The van der Waals surface area contributed by atoms with Crippen molar-refractivity contribution in [3.05, 3.63) is 15.8 Å². The van der Waals surface area contributed by atoms with Gasteiger partial charge in [-0.2, -0.15) is 0 Å². The second kappa shape index (κ2) is 3.08. The average molecular weight is 199 g/mol. The molecule has 14 heavy (non-hydrogen) atoms. The second-order valence-corrected chi connectivity index (χ2v) is 2.00. The van der Waals surface area contributed by atoms with Crippen molar-refractivity contribution in [1.29, 1.82) is 0 Å². The minimum Gasteiger partial charge on any atom is -0.358 e. The molecule has 72 valence electrons. The largest absolute Gasteiger partial charge is 0.447 e. The molecule has 0 fully saturated rings. The van der Waals surface area contributed by atoms with Gasteiger partial charge in [0.1, 0.15) is 0 Å². The van der Waals surface area contributed by atoms with Gasteiger partial charge in [0.25, 0.3) is 5.69 Å². The summed E-state index contributed by atoms with van der Waals surface area (Å²) < 4.78 is 4.15. The normalized spacial score (nSPS) is 14.1. The van der Waals surface area contributed by atoms with Gasteiger partial charge >= 0.3 is 11.7 Å². The average Bonchev–Trinajstić information content (AvgIpc) is 2.67. The molecule has 0 unspecified atom stereocenters. The summed E-state index contributed by atoms with van der Waals surface area (Å²) in [5.41, 5.74) is -0.285. The van der Waals surface area contributed by atoms with Crippen molar-refractivity contribution in [1.82, 2.24) is 10.3 Å². The Morgan fingerprint density at radius 3 is 2.93 bits per heavy atom. The van der Waals surface area contributed by atoms with Crippen LogP contribution in [0.3, 0.4) is 0 Å². The second-order valence-electron chi connectivity index (χ2n) is 2.00. The van der Waals surface area contributed by atoms with Gasteiger partial charge in [-0.3, -0.25) is 0 Å². The summed E-state index contributed by atoms with van der Waals surface area (Å²) in [6.45, 7) is 0. The zero-order chi connectivity index (χ0) is 9.97. The van der Waals surface area contributed by atoms with E-state index in [0.717, 1.165) is 6.40 Å². The van der Waals surface area contributed by atoms with Crippen LogP contribution in [-0.4, -0.2) is 27.5 Å². The predicted octanol–water partition coefficient (Wildman–Crippen LogP) is -0.371. The molecule has 2 heterocycles. The fourth-order valence-corrected chi connectivity index (χ4v) is 0.704. The number of nitrogens with zero attached hydrogens (tertiary/aromatic N) is 5. The van der Waals surface area contributed by atoms with Gasteiger partial charge in [-0.25, -0.2) is 0 Å². The SMILES string of the molecule is O=[N+]([O-])c1nonc1C1=NOC=NO1. The van der Waals surface area contributed by atoms with E-state index >= 15 is 0 Å². The van der Waals surface area contributed by atoms with Crippen molar-refractivity contribution < 1.29 is 19.2 Å². The van der Waals surface area contributed by atoms with E-state index < -0.39 is 10.7 Å². The Kier molecular flexibility index (Phi) is 1.78. The van der Waals surface area contributed by atoms with E-state index in [2.05, 4.69) is 34.9 Å². The van der Waals surface area contributed by atoms with E-state index in [1.807, 2.05) is 0 Å². The lowest BCUT2D eigenvalue weighted by atomic mass is 10.4. The Balaban J connectivity index is 2.36. The molecule has 0 saturated heterocycles. The highest BCUT2D eigenvalue weighted by Crippen LogP contribution is 2.15. The summed E-state index contributed by atoms with van der Waals surface area (Å²) in [6.07, 6.45) is 0.906. The van der Waals surface area contributed by atoms with Crippen molar-refractivity contribution in [2.45, 2.75) is 0 Å². The molecule has 1 aliphatic rings. The zero-order valence-electron chi connectivity index (χ0n) is 6.35. The highest BCUT2D eigenvalue weighted by molar-refractivity contribution is 5.95. The van der Waals surface area contributed by atoms with Crippen molar-refractivity contribution >= 4 is 18.1 Å². The van der Waals surface area contributed by atoms with Gasteiger partial charge in [0.2, 0.25) is 6.40 Å². The van der Waals surface area contributed by atoms with Crippen LogP contribution in [0.2, 0.25) is 0 Å². The summed E-state index contributed by atoms with van der Waals surface area (Å²) in [7, 11) is 0. The number of aromatic nitrogens is 2. The summed E-state index contributed by atoms with van der Waals surface area (Å²) in [6, 6.07) is 0. The number of hydrogen-bond acceptors (Lipinski definition) is 9. The minimum absolute atomic E-state index is 0.285. The molecule has 1 aromatic heterocycles. The van der Waals surface area contributed by atoms with Gasteiger partial charge in [0, 0.05) is 0 Å². The van der Waals surface area contributed by atoms with Crippen molar-refractivity contribution in [3.63, 3.8) is 0 Å². The zero-order valence-corrected chi connectivity index (χ0v) is 6.35. The number of oxime groups is 2. The minimum atomic E-state index is -0.796. The molecule has 0 aliphatic carbocycles. The summed E-state index contributed by atoms with van der Waals surface area (Å²) >= 11 is 0. The maximum Gasteiger partial charge on any atom is 0.447 e. The highest BCUT2D eigenvalue weighted by Gasteiger charge is 2.30. The van der Waals surface area contributed by atoms with Gasteiger partial charge in [-0.05, 0) is 20.4 Å². The number of hydrogen-bond donors (Lipinski definition) is 0. The topological polar surface area (TPSA) is 125 Å². The standard InChI is InChI=1S/C4HN5O5/c10-9(11)3-2(6-14-7-3)4-8-12-1-5-13-4/h1H. The predicted molar refractivity (Wildman–Crippen MR) is 38.2 cm³/mol. The molecule has 1 aromatic rings. The van der Waals surface area contributed by atoms with Crippen LogP contribution in [0.25, 0.3) is 0 Å². The molecule has 2 rings (SSSR count). The third-order valence-electron chi connectivity index (χ3n) is 1.21. The van der Waals surface area contributed by atoms with Gasteiger partial charge in [0.15, 0.2) is 5.16 Å². The van der Waals surface area contributed by atoms with E-state index in [0.29, 0.717) is 0 Å². The van der Waals surface area contributed by atoms with E-state index in [1.54, 1.807) is 0 Å². The molecular formula is C4HN5O5. The Morgan fingerprint density at radius 2 is 2.29 bits per heavy atom. The molecule has 0 N–H and O–H groups in total. The maximum atomic E-state index is 10.4. The first-order valence-corrected chi connectivity index (χ1v) is 3.19. The van der Waals surface area contributed by atoms with Crippen molar-refractivity contribution in [2.75, 3.05) is 0 Å². The van der Waals surface area contributed by atoms with E-state index in [1.165, 1.54) is 0 Å². The molecule has 10 nitrogen and oxygen atoms in total. The van der Waals surface area contributed by atoms with Gasteiger partial charge in [0.05, 0.1) is 0 Å². The summed E-state index contributed by atoms with van der Waals surface area (Å²) in [5, 5.41) is 23.1. The summed E-state index contributed by atoms with van der Waals surface area (Å²) in [5.74, 6) is -0.912. The van der Waals surface area contributed by atoms with Crippen LogP contribution in [0, 0.1) is 10.1 Å². The number of rotatable bonds is 2. The van der Waals surface area contributed by atoms with E-state index in [9.17, 15) is 10.1 Å². The van der Waals surface area contributed by atoms with Gasteiger partial charge in [-0.1, -0.05) is 0 Å². The lowest BCUT2D eigenvalue weighted by molar-refractivity contribution is -0.391. The van der Waals surface area contributed by atoms with Gasteiger partial charge < -0.3 is 19.8 Å². The summed E-state index contributed by atoms with van der Waals surface area (Å²) in [4.78, 5) is 18.5. The number of nitro groups is 1. The lowest BCUT2D eigenvalue weighted by Crippen LogP contribution is -2.10. The first-order valence-electron chi connectivity index (χ1n) is 3.19. The maximum absolute atomic E-state index is 10.4. The van der Waals surface area contributed by atoms with Gasteiger partial charge in [-0.15, -0.1) is 4.63 Å². The van der Waals surface area contributed by atoms with Crippen molar-refractivity contribution in [3.8, 4) is 0 Å². The Morgan fingerprint density at radius 1 is 1.43 bits per heavy atom. The molecule has 0 atom stereocenters. The monoisotopic (exact) mass is 199 g/mol. The Labute approximate surface area is 74.9 Å². The third kappa shape index (κ3) is 1.24. The smallest absolute Gasteiger partial charge is 0.358 e. The molecular weight excluding hydrogens is 198 g/mol. The molecule has 0 aromatic carbocycles. The molecule has 1 aliphatic heterocycles. The highest BCUT2D eigenvalue weighted by atomic mass is 16.7. The fourth-order valence-electron chi connectivity index (χ4n) is 0.704. The lowest BCUT2D eigenvalue weighted by Gasteiger charge is -2.00. The molecule has 0 amide bonds. The van der Waals surface area contributed by atoms with Crippen LogP contribution < -0.4 is 0 Å². The molecule has 0 spiro atoms. The van der Waals surface area contributed by atoms with Crippen LogP contribution in [-0.2, 0) is 9.68 Å². The van der Waals surface area contributed by atoms with Crippen molar-refractivity contribution in [2.24, 2.45) is 10.3 Å². The molecule has 0 saturated carbocycles. The van der Waals surface area contributed by atoms with Crippen LogP contribution in [0.5, 0.6) is 0 Å². The molecule has 0 radical (unpaired) electrons. The molecule has 10 heteroatoms. The fraction of sp³-hybridized carbons (Fsp3) is 0. The molecule has 0 bridgehead atoms.